The van der Waals surface area contributed by atoms with Crippen LogP contribution in [0.2, 0.25) is 0 Å². The van der Waals surface area contributed by atoms with Gasteiger partial charge in [0, 0.05) is 5.39 Å². The lowest BCUT2D eigenvalue weighted by atomic mass is 9.86. The van der Waals surface area contributed by atoms with E-state index in [1.807, 2.05) is 6.07 Å². The molecule has 0 spiro atoms. The van der Waals surface area contributed by atoms with E-state index in [1.54, 1.807) is 12.1 Å². The van der Waals surface area contributed by atoms with E-state index in [1.165, 1.54) is 0 Å². The average molecular weight is 224 g/mol. The van der Waals surface area contributed by atoms with E-state index in [0.717, 1.165) is 5.56 Å². The second kappa shape index (κ2) is 3.54. The lowest BCUT2D eigenvalue weighted by Crippen LogP contribution is -2.10. The predicted molar refractivity (Wildman–Crippen MR) is 59.8 cm³/mol. The molecule has 86 valence electrons. The molecule has 0 aliphatic carbocycles. The summed E-state index contributed by atoms with van der Waals surface area (Å²) >= 11 is 0. The first-order chi connectivity index (χ1) is 7.39. The van der Waals surface area contributed by atoms with Gasteiger partial charge < -0.3 is 0 Å². The number of aromatic nitrogens is 2. The van der Waals surface area contributed by atoms with Gasteiger partial charge >= 0.3 is 0 Å². The molecular weight excluding hydrogens is 210 g/mol. The normalized spacial score (nSPS) is 12.6. The number of hydrogen-bond acceptors (Lipinski definition) is 1. The maximum Gasteiger partial charge on any atom is 0.280 e. The van der Waals surface area contributed by atoms with Crippen LogP contribution < -0.4 is 0 Å². The van der Waals surface area contributed by atoms with E-state index in [-0.39, 0.29) is 11.1 Å². The fourth-order valence-electron chi connectivity index (χ4n) is 1.66. The van der Waals surface area contributed by atoms with E-state index in [9.17, 15) is 8.78 Å². The van der Waals surface area contributed by atoms with Crippen LogP contribution in [0.15, 0.2) is 18.2 Å². The molecule has 1 heterocycles. The minimum atomic E-state index is -2.51. The third kappa shape index (κ3) is 1.79. The number of fused-ring (bicyclic) bond motifs is 1. The summed E-state index contributed by atoms with van der Waals surface area (Å²) in [4.78, 5) is 0. The Morgan fingerprint density at radius 1 is 1.25 bits per heavy atom. The van der Waals surface area contributed by atoms with Gasteiger partial charge in [-0.1, -0.05) is 26.8 Å². The van der Waals surface area contributed by atoms with Crippen molar-refractivity contribution in [1.82, 2.24) is 10.2 Å². The molecule has 0 bridgehead atoms. The van der Waals surface area contributed by atoms with E-state index in [4.69, 9.17) is 0 Å². The maximum absolute atomic E-state index is 12.7. The van der Waals surface area contributed by atoms with Crippen molar-refractivity contribution in [2.75, 3.05) is 0 Å². The van der Waals surface area contributed by atoms with Crippen LogP contribution >= 0.6 is 0 Å². The molecule has 1 N–H and O–H groups in total. The Bertz CT molecular complexity index is 509. The summed E-state index contributed by atoms with van der Waals surface area (Å²) < 4.78 is 25.4. The molecule has 2 nitrogen and oxygen atoms in total. The number of alkyl halides is 2. The van der Waals surface area contributed by atoms with Crippen LogP contribution in [0.3, 0.4) is 0 Å². The van der Waals surface area contributed by atoms with E-state index < -0.39 is 6.43 Å². The number of nitrogens with one attached hydrogen (secondary N) is 1. The fourth-order valence-corrected chi connectivity index (χ4v) is 1.66. The zero-order chi connectivity index (χ0) is 11.9. The van der Waals surface area contributed by atoms with Crippen molar-refractivity contribution in [1.29, 1.82) is 0 Å². The third-order valence-corrected chi connectivity index (χ3v) is 2.67. The first kappa shape index (κ1) is 11.0. The number of halogens is 2. The van der Waals surface area contributed by atoms with Crippen molar-refractivity contribution in [3.05, 3.63) is 29.5 Å². The smallest absolute Gasteiger partial charge is 0.276 e. The monoisotopic (exact) mass is 224 g/mol. The number of hydrogen-bond donors (Lipinski definition) is 1. The standard InChI is InChI=1S/C12H14F2N2/c1-12(2,3)7-4-5-9-8(6-7)10(11(13)14)16-15-9/h4-6,11H,1-3H3,(H,15,16). The Morgan fingerprint density at radius 3 is 2.50 bits per heavy atom. The Labute approximate surface area is 92.7 Å². The van der Waals surface area contributed by atoms with Crippen molar-refractivity contribution < 1.29 is 8.78 Å². The molecule has 0 aliphatic rings. The average Bonchev–Trinajstić information content (AvgIpc) is 2.58. The lowest BCUT2D eigenvalue weighted by molar-refractivity contribution is 0.147. The molecular formula is C12H14F2N2. The molecule has 2 aromatic rings. The molecule has 0 unspecified atom stereocenters. The predicted octanol–water partition coefficient (Wildman–Crippen LogP) is 3.80. The van der Waals surface area contributed by atoms with E-state index in [0.29, 0.717) is 10.9 Å². The molecule has 0 atom stereocenters. The first-order valence-corrected chi connectivity index (χ1v) is 5.16. The summed E-state index contributed by atoms with van der Waals surface area (Å²) in [7, 11) is 0. The minimum Gasteiger partial charge on any atom is -0.276 e. The minimum absolute atomic E-state index is 0.0507. The summed E-state index contributed by atoms with van der Waals surface area (Å²) in [6, 6.07) is 5.50. The highest BCUT2D eigenvalue weighted by Crippen LogP contribution is 2.30. The number of rotatable bonds is 1. The largest absolute Gasteiger partial charge is 0.280 e. The fraction of sp³-hybridized carbons (Fsp3) is 0.417. The van der Waals surface area contributed by atoms with Crippen LogP contribution in [0, 0.1) is 0 Å². The summed E-state index contributed by atoms with van der Waals surface area (Å²) in [6.45, 7) is 6.16. The Hall–Kier alpha value is -1.45. The van der Waals surface area contributed by atoms with Crippen molar-refractivity contribution in [3.8, 4) is 0 Å². The van der Waals surface area contributed by atoms with Crippen LogP contribution in [0.1, 0.15) is 38.5 Å². The third-order valence-electron chi connectivity index (χ3n) is 2.67. The van der Waals surface area contributed by atoms with Crippen LogP contribution in [0.4, 0.5) is 8.78 Å². The second-order valence-electron chi connectivity index (χ2n) is 4.92. The molecule has 0 saturated heterocycles. The molecule has 1 aromatic heterocycles. The number of nitrogens with zero attached hydrogens (tertiary/aromatic N) is 1. The molecule has 2 rings (SSSR count). The molecule has 1 aromatic carbocycles. The number of H-pyrrole nitrogens is 1. The molecule has 0 radical (unpaired) electrons. The van der Waals surface area contributed by atoms with Gasteiger partial charge in [-0.2, -0.15) is 5.10 Å². The van der Waals surface area contributed by atoms with Crippen LogP contribution in [0.25, 0.3) is 10.9 Å². The number of aromatic amines is 1. The molecule has 0 saturated carbocycles. The van der Waals surface area contributed by atoms with Crippen molar-refractivity contribution >= 4 is 10.9 Å². The van der Waals surface area contributed by atoms with Crippen molar-refractivity contribution in [2.45, 2.75) is 32.6 Å². The highest BCUT2D eigenvalue weighted by Gasteiger charge is 2.18. The second-order valence-corrected chi connectivity index (χ2v) is 4.92. The SMILES string of the molecule is CC(C)(C)c1ccc2n[nH]c(C(F)F)c2c1. The van der Waals surface area contributed by atoms with E-state index in [2.05, 4.69) is 31.0 Å². The van der Waals surface area contributed by atoms with Gasteiger partial charge in [0.15, 0.2) is 0 Å². The summed E-state index contributed by atoms with van der Waals surface area (Å²) in [5.41, 5.74) is 1.47. The lowest BCUT2D eigenvalue weighted by Gasteiger charge is -2.18. The highest BCUT2D eigenvalue weighted by atomic mass is 19.3. The van der Waals surface area contributed by atoms with Gasteiger partial charge in [-0.25, -0.2) is 8.78 Å². The molecule has 16 heavy (non-hydrogen) atoms. The van der Waals surface area contributed by atoms with Crippen molar-refractivity contribution in [2.24, 2.45) is 0 Å². The zero-order valence-corrected chi connectivity index (χ0v) is 9.51. The Morgan fingerprint density at radius 2 is 1.94 bits per heavy atom. The zero-order valence-electron chi connectivity index (χ0n) is 9.51. The summed E-state index contributed by atoms with van der Waals surface area (Å²) in [5.74, 6) is 0. The highest BCUT2D eigenvalue weighted by molar-refractivity contribution is 5.82. The van der Waals surface area contributed by atoms with Gasteiger partial charge in [-0.05, 0) is 23.1 Å². The van der Waals surface area contributed by atoms with Crippen LogP contribution in [-0.2, 0) is 5.41 Å². The topological polar surface area (TPSA) is 28.7 Å². The van der Waals surface area contributed by atoms with Gasteiger partial charge in [0.2, 0.25) is 0 Å². The first-order valence-electron chi connectivity index (χ1n) is 5.16. The Balaban J connectivity index is 2.63. The van der Waals surface area contributed by atoms with Crippen molar-refractivity contribution in [3.63, 3.8) is 0 Å². The van der Waals surface area contributed by atoms with Gasteiger partial charge in [0.1, 0.15) is 5.69 Å². The van der Waals surface area contributed by atoms with Gasteiger partial charge in [0.25, 0.3) is 6.43 Å². The van der Waals surface area contributed by atoms with Crippen LogP contribution in [0.5, 0.6) is 0 Å². The summed E-state index contributed by atoms with van der Waals surface area (Å²) in [6.07, 6.45) is -2.51. The Kier molecular flexibility index (Phi) is 2.45. The van der Waals surface area contributed by atoms with Gasteiger partial charge in [-0.3, -0.25) is 5.10 Å². The van der Waals surface area contributed by atoms with E-state index >= 15 is 0 Å². The quantitative estimate of drug-likeness (QED) is 0.784. The number of benzene rings is 1. The molecule has 0 amide bonds. The molecule has 0 aliphatic heterocycles. The molecule has 0 fully saturated rings. The van der Waals surface area contributed by atoms with Crippen LogP contribution in [-0.4, -0.2) is 10.2 Å². The molecule has 4 heteroatoms. The van der Waals surface area contributed by atoms with Gasteiger partial charge in [-0.15, -0.1) is 0 Å². The summed E-state index contributed by atoms with van der Waals surface area (Å²) in [5, 5.41) is 6.77. The van der Waals surface area contributed by atoms with Gasteiger partial charge in [0.05, 0.1) is 5.52 Å². The maximum atomic E-state index is 12.7.